The summed E-state index contributed by atoms with van der Waals surface area (Å²) in [6.45, 7) is 1.60. The van der Waals surface area contributed by atoms with Crippen LogP contribution in [0.2, 0.25) is 0 Å². The van der Waals surface area contributed by atoms with Gasteiger partial charge in [0.15, 0.2) is 0 Å². The van der Waals surface area contributed by atoms with Gasteiger partial charge in [-0.25, -0.2) is 0 Å². The van der Waals surface area contributed by atoms with Gasteiger partial charge in [-0.05, 0) is 41.7 Å². The third-order valence-electron chi connectivity index (χ3n) is 3.92. The highest BCUT2D eigenvalue weighted by Gasteiger charge is 2.19. The van der Waals surface area contributed by atoms with Crippen LogP contribution in [0.1, 0.15) is 22.8 Å². The molecular formula is C18H20ClNO. The van der Waals surface area contributed by atoms with E-state index < -0.39 is 0 Å². The van der Waals surface area contributed by atoms with E-state index in [9.17, 15) is 0 Å². The number of fused-ring (bicyclic) bond motifs is 1. The van der Waals surface area contributed by atoms with Crippen LogP contribution in [0.4, 0.5) is 5.69 Å². The lowest BCUT2D eigenvalue weighted by atomic mass is 9.97. The summed E-state index contributed by atoms with van der Waals surface area (Å²) in [7, 11) is 0. The Morgan fingerprint density at radius 1 is 1.10 bits per heavy atom. The first kappa shape index (κ1) is 14.4. The molecule has 0 spiro atoms. The summed E-state index contributed by atoms with van der Waals surface area (Å²) < 4.78 is 5.91. The van der Waals surface area contributed by atoms with Gasteiger partial charge in [0.1, 0.15) is 0 Å². The van der Waals surface area contributed by atoms with Gasteiger partial charge in [0.25, 0.3) is 0 Å². The molecule has 2 nitrogen and oxygen atoms in total. The highest BCUT2D eigenvalue weighted by molar-refractivity contribution is 6.17. The lowest BCUT2D eigenvalue weighted by molar-refractivity contribution is 0.0513. The van der Waals surface area contributed by atoms with Gasteiger partial charge in [-0.15, -0.1) is 11.6 Å². The van der Waals surface area contributed by atoms with Crippen LogP contribution in [0.15, 0.2) is 48.5 Å². The molecule has 0 bridgehead atoms. The third kappa shape index (κ3) is 3.58. The molecule has 1 aliphatic heterocycles. The van der Waals surface area contributed by atoms with E-state index in [4.69, 9.17) is 16.3 Å². The number of aryl methyl sites for hydroxylation is 1. The van der Waals surface area contributed by atoms with Crippen molar-refractivity contribution in [2.75, 3.05) is 24.3 Å². The number of hydrogen-bond donors (Lipinski definition) is 1. The van der Waals surface area contributed by atoms with Gasteiger partial charge in [0.2, 0.25) is 0 Å². The number of hydrogen-bond acceptors (Lipinski definition) is 2. The van der Waals surface area contributed by atoms with Gasteiger partial charge in [0.05, 0.1) is 12.7 Å². The Morgan fingerprint density at radius 3 is 2.71 bits per heavy atom. The molecule has 0 aliphatic carbocycles. The Labute approximate surface area is 131 Å². The summed E-state index contributed by atoms with van der Waals surface area (Å²) in [5.74, 6) is 0.666. The first-order chi connectivity index (χ1) is 10.4. The number of halogens is 1. The van der Waals surface area contributed by atoms with E-state index >= 15 is 0 Å². The molecule has 2 aromatic rings. The minimum Gasteiger partial charge on any atom is -0.382 e. The van der Waals surface area contributed by atoms with Gasteiger partial charge in [0, 0.05) is 18.1 Å². The zero-order valence-electron chi connectivity index (χ0n) is 12.0. The van der Waals surface area contributed by atoms with E-state index in [-0.39, 0.29) is 6.10 Å². The van der Waals surface area contributed by atoms with Crippen molar-refractivity contribution in [3.63, 3.8) is 0 Å². The number of alkyl halides is 1. The van der Waals surface area contributed by atoms with Crippen molar-refractivity contribution in [1.29, 1.82) is 0 Å². The molecule has 0 aromatic heterocycles. The first-order valence-electron chi connectivity index (χ1n) is 7.45. The fourth-order valence-electron chi connectivity index (χ4n) is 2.75. The molecule has 0 fully saturated rings. The molecule has 0 radical (unpaired) electrons. The van der Waals surface area contributed by atoms with E-state index in [1.54, 1.807) is 0 Å². The Kier molecular flexibility index (Phi) is 4.79. The van der Waals surface area contributed by atoms with Crippen molar-refractivity contribution in [1.82, 2.24) is 0 Å². The summed E-state index contributed by atoms with van der Waals surface area (Å²) in [6.07, 6.45) is 2.07. The van der Waals surface area contributed by atoms with Crippen LogP contribution in [0.25, 0.3) is 0 Å². The van der Waals surface area contributed by atoms with Crippen molar-refractivity contribution in [3.05, 3.63) is 65.2 Å². The zero-order valence-corrected chi connectivity index (χ0v) is 12.8. The SMILES string of the molecule is ClCCc1ccc(NCC2OCCc3ccccc32)cc1. The summed E-state index contributed by atoms with van der Waals surface area (Å²) in [5, 5.41) is 3.47. The number of ether oxygens (including phenoxy) is 1. The van der Waals surface area contributed by atoms with E-state index in [0.717, 1.165) is 31.7 Å². The fraction of sp³-hybridized carbons (Fsp3) is 0.333. The van der Waals surface area contributed by atoms with Gasteiger partial charge in [-0.2, -0.15) is 0 Å². The maximum Gasteiger partial charge on any atom is 0.0999 e. The third-order valence-corrected chi connectivity index (χ3v) is 4.11. The maximum absolute atomic E-state index is 5.91. The highest BCUT2D eigenvalue weighted by Crippen LogP contribution is 2.27. The summed E-state index contributed by atoms with van der Waals surface area (Å²) >= 11 is 5.75. The van der Waals surface area contributed by atoms with Crippen molar-refractivity contribution >= 4 is 17.3 Å². The topological polar surface area (TPSA) is 21.3 Å². The van der Waals surface area contributed by atoms with Crippen molar-refractivity contribution in [2.24, 2.45) is 0 Å². The molecule has 3 heteroatoms. The Morgan fingerprint density at radius 2 is 1.90 bits per heavy atom. The van der Waals surface area contributed by atoms with Gasteiger partial charge in [-0.1, -0.05) is 36.4 Å². The molecule has 0 saturated carbocycles. The molecule has 21 heavy (non-hydrogen) atoms. The van der Waals surface area contributed by atoms with Crippen LogP contribution in [-0.2, 0) is 17.6 Å². The highest BCUT2D eigenvalue weighted by atomic mass is 35.5. The van der Waals surface area contributed by atoms with Gasteiger partial charge < -0.3 is 10.1 Å². The molecule has 110 valence electrons. The molecular weight excluding hydrogens is 282 g/mol. The molecule has 1 heterocycles. The van der Waals surface area contributed by atoms with E-state index in [1.165, 1.54) is 16.7 Å². The quantitative estimate of drug-likeness (QED) is 0.836. The van der Waals surface area contributed by atoms with E-state index in [0.29, 0.717) is 5.88 Å². The fourth-order valence-corrected chi connectivity index (χ4v) is 2.97. The second-order valence-corrected chi connectivity index (χ2v) is 5.70. The minimum absolute atomic E-state index is 0.137. The Hall–Kier alpha value is -1.51. The monoisotopic (exact) mass is 301 g/mol. The molecule has 1 aliphatic rings. The number of nitrogens with one attached hydrogen (secondary N) is 1. The lowest BCUT2D eigenvalue weighted by Crippen LogP contribution is -2.22. The van der Waals surface area contributed by atoms with Gasteiger partial charge in [-0.3, -0.25) is 0 Å². The lowest BCUT2D eigenvalue weighted by Gasteiger charge is -2.26. The summed E-state index contributed by atoms with van der Waals surface area (Å²) in [6, 6.07) is 17.0. The van der Waals surface area contributed by atoms with Crippen LogP contribution in [0, 0.1) is 0 Å². The second kappa shape index (κ2) is 6.97. The average molecular weight is 302 g/mol. The van der Waals surface area contributed by atoms with Crippen molar-refractivity contribution < 1.29 is 4.74 Å². The van der Waals surface area contributed by atoms with Crippen LogP contribution < -0.4 is 5.32 Å². The van der Waals surface area contributed by atoms with Crippen LogP contribution in [-0.4, -0.2) is 19.0 Å². The Balaban J connectivity index is 1.63. The summed E-state index contributed by atoms with van der Waals surface area (Å²) in [4.78, 5) is 0. The van der Waals surface area contributed by atoms with E-state index in [2.05, 4.69) is 53.8 Å². The number of anilines is 1. The van der Waals surface area contributed by atoms with Gasteiger partial charge >= 0.3 is 0 Å². The first-order valence-corrected chi connectivity index (χ1v) is 7.98. The molecule has 0 amide bonds. The second-order valence-electron chi connectivity index (χ2n) is 5.33. The number of benzene rings is 2. The Bertz CT molecular complexity index is 582. The van der Waals surface area contributed by atoms with Crippen molar-refractivity contribution in [3.8, 4) is 0 Å². The molecule has 1 atom stereocenters. The number of rotatable bonds is 5. The van der Waals surface area contributed by atoms with E-state index in [1.807, 2.05) is 0 Å². The normalized spacial score (nSPS) is 17.3. The van der Waals surface area contributed by atoms with Crippen LogP contribution in [0.3, 0.4) is 0 Å². The molecule has 1 N–H and O–H groups in total. The smallest absolute Gasteiger partial charge is 0.0999 e. The standard InChI is InChI=1S/C18H20ClNO/c19-11-9-14-5-7-16(8-6-14)20-13-18-17-4-2-1-3-15(17)10-12-21-18/h1-8,18,20H,9-13H2. The molecule has 1 unspecified atom stereocenters. The van der Waals surface area contributed by atoms with Crippen LogP contribution >= 0.6 is 11.6 Å². The molecule has 0 saturated heterocycles. The predicted molar refractivity (Wildman–Crippen MR) is 88.2 cm³/mol. The average Bonchev–Trinajstić information content (AvgIpc) is 2.54. The maximum atomic E-state index is 5.91. The summed E-state index contributed by atoms with van der Waals surface area (Å²) in [5.41, 5.74) is 5.12. The van der Waals surface area contributed by atoms with Crippen molar-refractivity contribution in [2.45, 2.75) is 18.9 Å². The molecule has 3 rings (SSSR count). The minimum atomic E-state index is 0.137. The largest absolute Gasteiger partial charge is 0.382 e. The molecule has 2 aromatic carbocycles. The predicted octanol–water partition coefficient (Wildman–Crippen LogP) is 4.19. The zero-order chi connectivity index (χ0) is 14.5. The van der Waals surface area contributed by atoms with Crippen LogP contribution in [0.5, 0.6) is 0 Å².